The number of anilines is 1. The predicted octanol–water partition coefficient (Wildman–Crippen LogP) is 2.66. The van der Waals surface area contributed by atoms with Gasteiger partial charge in [-0.25, -0.2) is 0 Å². The highest BCUT2D eigenvalue weighted by Crippen LogP contribution is 2.30. The van der Waals surface area contributed by atoms with Gasteiger partial charge in [-0.2, -0.15) is 0 Å². The topological polar surface area (TPSA) is 26.7 Å². The third-order valence-electron chi connectivity index (χ3n) is 4.22. The monoisotopic (exact) mass is 262 g/mol. The number of hydrogen-bond acceptors (Lipinski definition) is 3. The van der Waals surface area contributed by atoms with E-state index in [-0.39, 0.29) is 6.10 Å². The van der Waals surface area contributed by atoms with Crippen molar-refractivity contribution in [2.45, 2.75) is 38.3 Å². The van der Waals surface area contributed by atoms with Crippen molar-refractivity contribution in [1.82, 2.24) is 4.90 Å². The molecule has 0 radical (unpaired) electrons. The Morgan fingerprint density at radius 2 is 1.89 bits per heavy atom. The van der Waals surface area contributed by atoms with E-state index < -0.39 is 0 Å². The zero-order valence-corrected chi connectivity index (χ0v) is 12.3. The first-order valence-electron chi connectivity index (χ1n) is 7.31. The first kappa shape index (κ1) is 14.4. The summed E-state index contributed by atoms with van der Waals surface area (Å²) in [7, 11) is 4.32. The summed E-state index contributed by atoms with van der Waals surface area (Å²) < 4.78 is 0. The number of nitrogens with zero attached hydrogens (tertiary/aromatic N) is 2. The Labute approximate surface area is 116 Å². The summed E-state index contributed by atoms with van der Waals surface area (Å²) in [5.74, 6) is 0. The molecule has 0 unspecified atom stereocenters. The molecule has 1 aromatic carbocycles. The molecule has 1 aliphatic heterocycles. The summed E-state index contributed by atoms with van der Waals surface area (Å²) >= 11 is 0. The molecule has 0 saturated carbocycles. The minimum atomic E-state index is -0.345. The van der Waals surface area contributed by atoms with Crippen LogP contribution in [0.1, 0.15) is 37.9 Å². The van der Waals surface area contributed by atoms with Crippen LogP contribution in [0.15, 0.2) is 24.3 Å². The van der Waals surface area contributed by atoms with Crippen molar-refractivity contribution in [1.29, 1.82) is 0 Å². The fourth-order valence-electron chi connectivity index (χ4n) is 2.90. The second kappa shape index (κ2) is 6.40. The van der Waals surface area contributed by atoms with Crippen LogP contribution in [-0.2, 0) is 0 Å². The Kier molecular flexibility index (Phi) is 4.83. The number of para-hydroxylation sites is 1. The first-order chi connectivity index (χ1) is 9.13. The van der Waals surface area contributed by atoms with Crippen molar-refractivity contribution in [3.8, 4) is 0 Å². The molecule has 1 aromatic rings. The number of aliphatic hydroxyl groups excluding tert-OH is 1. The maximum Gasteiger partial charge on any atom is 0.0807 e. The van der Waals surface area contributed by atoms with Gasteiger partial charge in [-0.3, -0.25) is 0 Å². The van der Waals surface area contributed by atoms with E-state index in [9.17, 15) is 5.11 Å². The van der Waals surface area contributed by atoms with Gasteiger partial charge in [0.25, 0.3) is 0 Å². The van der Waals surface area contributed by atoms with Gasteiger partial charge in [-0.15, -0.1) is 0 Å². The Bertz CT molecular complexity index is 397. The number of aliphatic hydroxyl groups is 1. The molecule has 1 saturated heterocycles. The Morgan fingerprint density at radius 3 is 2.47 bits per heavy atom. The molecule has 0 spiro atoms. The molecule has 0 aromatic heterocycles. The van der Waals surface area contributed by atoms with E-state index in [0.717, 1.165) is 25.1 Å². The van der Waals surface area contributed by atoms with Crippen LogP contribution in [0.4, 0.5) is 5.69 Å². The van der Waals surface area contributed by atoms with Gasteiger partial charge in [-0.05, 0) is 39.4 Å². The summed E-state index contributed by atoms with van der Waals surface area (Å²) in [5, 5.41) is 10.1. The Balaban J connectivity index is 2.11. The van der Waals surface area contributed by atoms with Crippen molar-refractivity contribution >= 4 is 5.69 Å². The maximum atomic E-state index is 10.1. The molecule has 2 rings (SSSR count). The van der Waals surface area contributed by atoms with Crippen LogP contribution in [-0.4, -0.2) is 43.2 Å². The molecular weight excluding hydrogens is 236 g/mol. The summed E-state index contributed by atoms with van der Waals surface area (Å²) in [6.45, 7) is 4.19. The summed E-state index contributed by atoms with van der Waals surface area (Å²) in [6, 6.07) is 8.98. The van der Waals surface area contributed by atoms with Gasteiger partial charge < -0.3 is 14.9 Å². The second-order valence-corrected chi connectivity index (χ2v) is 5.66. The van der Waals surface area contributed by atoms with E-state index in [4.69, 9.17) is 0 Å². The molecule has 3 nitrogen and oxygen atoms in total. The van der Waals surface area contributed by atoms with Gasteiger partial charge in [0.2, 0.25) is 0 Å². The lowest BCUT2D eigenvalue weighted by Crippen LogP contribution is -2.42. The van der Waals surface area contributed by atoms with E-state index in [1.807, 2.05) is 13.0 Å². The van der Waals surface area contributed by atoms with Crippen LogP contribution in [0.3, 0.4) is 0 Å². The van der Waals surface area contributed by atoms with Gasteiger partial charge >= 0.3 is 0 Å². The van der Waals surface area contributed by atoms with Crippen LogP contribution in [0.25, 0.3) is 0 Å². The number of rotatable bonds is 4. The highest BCUT2D eigenvalue weighted by Gasteiger charge is 2.23. The average Bonchev–Trinajstić information content (AvgIpc) is 2.46. The van der Waals surface area contributed by atoms with Crippen LogP contribution in [0, 0.1) is 0 Å². The summed E-state index contributed by atoms with van der Waals surface area (Å²) in [6.07, 6.45) is 2.82. The molecule has 0 amide bonds. The third kappa shape index (κ3) is 3.28. The highest BCUT2D eigenvalue weighted by atomic mass is 16.3. The van der Waals surface area contributed by atoms with E-state index in [1.165, 1.54) is 18.5 Å². The van der Waals surface area contributed by atoms with Crippen molar-refractivity contribution in [3.05, 3.63) is 29.8 Å². The fraction of sp³-hybridized carbons (Fsp3) is 0.625. The van der Waals surface area contributed by atoms with Crippen LogP contribution in [0.5, 0.6) is 0 Å². The minimum Gasteiger partial charge on any atom is -0.388 e. The Hall–Kier alpha value is -1.06. The van der Waals surface area contributed by atoms with Gasteiger partial charge in [0.1, 0.15) is 0 Å². The second-order valence-electron chi connectivity index (χ2n) is 5.66. The lowest BCUT2D eigenvalue weighted by atomic mass is 9.99. The van der Waals surface area contributed by atoms with E-state index >= 15 is 0 Å². The standard InChI is InChI=1S/C16H26N2O/c1-4-16(19)14-7-5-6-8-15(14)18-11-9-13(10-12-18)17(2)3/h5-8,13,16,19H,4,9-12H2,1-3H3/t16-/m1/s1. The number of hydrogen-bond donors (Lipinski definition) is 1. The third-order valence-corrected chi connectivity index (χ3v) is 4.22. The average molecular weight is 262 g/mol. The molecule has 0 bridgehead atoms. The quantitative estimate of drug-likeness (QED) is 0.903. The lowest BCUT2D eigenvalue weighted by molar-refractivity contribution is 0.173. The zero-order valence-electron chi connectivity index (χ0n) is 12.3. The smallest absolute Gasteiger partial charge is 0.0807 e. The molecule has 1 N–H and O–H groups in total. The van der Waals surface area contributed by atoms with Crippen molar-refractivity contribution in [3.63, 3.8) is 0 Å². The van der Waals surface area contributed by atoms with E-state index in [2.05, 4.69) is 42.1 Å². The van der Waals surface area contributed by atoms with Gasteiger partial charge in [0.05, 0.1) is 6.10 Å². The molecule has 1 atom stereocenters. The molecule has 19 heavy (non-hydrogen) atoms. The predicted molar refractivity (Wildman–Crippen MR) is 80.6 cm³/mol. The summed E-state index contributed by atoms with van der Waals surface area (Å²) in [4.78, 5) is 4.75. The molecule has 1 fully saturated rings. The van der Waals surface area contributed by atoms with Gasteiger partial charge in [-0.1, -0.05) is 25.1 Å². The first-order valence-corrected chi connectivity index (χ1v) is 7.31. The van der Waals surface area contributed by atoms with Crippen molar-refractivity contribution < 1.29 is 5.11 Å². The molecule has 106 valence electrons. The SMILES string of the molecule is CC[C@@H](O)c1ccccc1N1CCC(N(C)C)CC1. The fourth-order valence-corrected chi connectivity index (χ4v) is 2.90. The maximum absolute atomic E-state index is 10.1. The van der Waals surface area contributed by atoms with Crippen LogP contribution in [0.2, 0.25) is 0 Å². The van der Waals surface area contributed by atoms with E-state index in [1.54, 1.807) is 0 Å². The van der Waals surface area contributed by atoms with Crippen molar-refractivity contribution in [2.24, 2.45) is 0 Å². The lowest BCUT2D eigenvalue weighted by Gasteiger charge is -2.37. The number of piperidine rings is 1. The molecule has 0 aliphatic carbocycles. The molecule has 1 aliphatic rings. The molecule has 1 heterocycles. The van der Waals surface area contributed by atoms with Crippen molar-refractivity contribution in [2.75, 3.05) is 32.1 Å². The largest absolute Gasteiger partial charge is 0.388 e. The highest BCUT2D eigenvalue weighted by molar-refractivity contribution is 5.55. The zero-order chi connectivity index (χ0) is 13.8. The molecular formula is C16H26N2O. The van der Waals surface area contributed by atoms with E-state index in [0.29, 0.717) is 6.04 Å². The number of benzene rings is 1. The van der Waals surface area contributed by atoms with Crippen LogP contribution < -0.4 is 4.90 Å². The normalized spacial score (nSPS) is 18.9. The Morgan fingerprint density at radius 1 is 1.26 bits per heavy atom. The van der Waals surface area contributed by atoms with Gasteiger partial charge in [0, 0.05) is 30.4 Å². The summed E-state index contributed by atoms with van der Waals surface area (Å²) in [5.41, 5.74) is 2.29. The molecule has 3 heteroatoms. The van der Waals surface area contributed by atoms with Gasteiger partial charge in [0.15, 0.2) is 0 Å². The minimum absolute atomic E-state index is 0.345. The van der Waals surface area contributed by atoms with Crippen LogP contribution >= 0.6 is 0 Å².